The van der Waals surface area contributed by atoms with Gasteiger partial charge in [-0.25, -0.2) is 0 Å². The number of hydrogen-bond acceptors (Lipinski definition) is 4. The Balaban J connectivity index is 2.33. The first kappa shape index (κ1) is 13.4. The van der Waals surface area contributed by atoms with Crippen molar-refractivity contribution >= 4 is 5.91 Å². The van der Waals surface area contributed by atoms with Gasteiger partial charge in [0, 0.05) is 20.3 Å². The van der Waals surface area contributed by atoms with Crippen LogP contribution in [0.4, 0.5) is 0 Å². The molecule has 0 saturated heterocycles. The van der Waals surface area contributed by atoms with Gasteiger partial charge in [-0.2, -0.15) is 0 Å². The van der Waals surface area contributed by atoms with Crippen LogP contribution in [0.3, 0.4) is 0 Å². The zero-order valence-corrected chi connectivity index (χ0v) is 10.1. The fraction of sp³-hybridized carbons (Fsp3) is 0.909. The molecular formula is C11H22N2O3. The number of hydrogen-bond donors (Lipinski definition) is 2. The maximum atomic E-state index is 11.8. The number of methoxy groups -OCH3 is 2. The zero-order chi connectivity index (χ0) is 12.0. The van der Waals surface area contributed by atoms with Crippen LogP contribution in [0.15, 0.2) is 0 Å². The van der Waals surface area contributed by atoms with E-state index >= 15 is 0 Å². The van der Waals surface area contributed by atoms with E-state index in [4.69, 9.17) is 15.2 Å². The average molecular weight is 230 g/mol. The van der Waals surface area contributed by atoms with Crippen molar-refractivity contribution in [3.05, 3.63) is 0 Å². The van der Waals surface area contributed by atoms with Crippen molar-refractivity contribution in [2.75, 3.05) is 20.8 Å². The number of amides is 1. The van der Waals surface area contributed by atoms with E-state index in [2.05, 4.69) is 5.32 Å². The second-order valence-electron chi connectivity index (χ2n) is 4.20. The van der Waals surface area contributed by atoms with Gasteiger partial charge in [0.15, 0.2) is 6.29 Å². The highest BCUT2D eigenvalue weighted by atomic mass is 16.7. The zero-order valence-electron chi connectivity index (χ0n) is 10.1. The Kier molecular flexibility index (Phi) is 5.73. The van der Waals surface area contributed by atoms with E-state index in [0.29, 0.717) is 6.54 Å². The summed E-state index contributed by atoms with van der Waals surface area (Å²) in [7, 11) is 3.10. The van der Waals surface area contributed by atoms with Crippen molar-refractivity contribution in [1.82, 2.24) is 5.32 Å². The molecule has 0 aliphatic heterocycles. The molecule has 16 heavy (non-hydrogen) atoms. The largest absolute Gasteiger partial charge is 0.354 e. The molecule has 1 amide bonds. The summed E-state index contributed by atoms with van der Waals surface area (Å²) in [5, 5.41) is 2.82. The van der Waals surface area contributed by atoms with Crippen LogP contribution in [-0.2, 0) is 14.3 Å². The first-order chi connectivity index (χ1) is 7.69. The summed E-state index contributed by atoms with van der Waals surface area (Å²) < 4.78 is 9.99. The predicted molar refractivity (Wildman–Crippen MR) is 60.7 cm³/mol. The number of carbonyl (C=O) groups excluding carboxylic acids is 1. The van der Waals surface area contributed by atoms with Gasteiger partial charge in [-0.1, -0.05) is 12.8 Å². The number of carbonyl (C=O) groups is 1. The molecule has 0 spiro atoms. The van der Waals surface area contributed by atoms with E-state index in [1.807, 2.05) is 0 Å². The summed E-state index contributed by atoms with van der Waals surface area (Å²) >= 11 is 0. The third-order valence-electron chi connectivity index (χ3n) is 3.12. The first-order valence-electron chi connectivity index (χ1n) is 5.78. The van der Waals surface area contributed by atoms with Gasteiger partial charge in [-0.15, -0.1) is 0 Å². The number of nitrogens with two attached hydrogens (primary N) is 1. The molecule has 1 rings (SSSR count). The summed E-state index contributed by atoms with van der Waals surface area (Å²) in [6.07, 6.45) is 3.66. The molecule has 94 valence electrons. The summed E-state index contributed by atoms with van der Waals surface area (Å²) in [6, 6.07) is -0.00251. The molecule has 1 fully saturated rings. The van der Waals surface area contributed by atoms with E-state index in [0.717, 1.165) is 25.7 Å². The Morgan fingerprint density at radius 1 is 1.38 bits per heavy atom. The molecule has 0 aromatic heterocycles. The second kappa shape index (κ2) is 6.83. The molecule has 3 N–H and O–H groups in total. The topological polar surface area (TPSA) is 73.6 Å². The molecule has 5 nitrogen and oxygen atoms in total. The Bertz CT molecular complexity index is 219. The van der Waals surface area contributed by atoms with Gasteiger partial charge in [0.05, 0.1) is 12.5 Å². The Labute approximate surface area is 96.7 Å². The molecule has 0 radical (unpaired) electrons. The molecule has 5 heteroatoms. The summed E-state index contributed by atoms with van der Waals surface area (Å²) in [5.74, 6) is -0.0330. The molecule has 1 aliphatic carbocycles. The molecule has 2 unspecified atom stereocenters. The van der Waals surface area contributed by atoms with Crippen molar-refractivity contribution in [2.24, 2.45) is 11.7 Å². The molecule has 0 heterocycles. The monoisotopic (exact) mass is 230 g/mol. The molecule has 1 aliphatic rings. The molecule has 0 aromatic carbocycles. The lowest BCUT2D eigenvalue weighted by molar-refractivity contribution is -0.132. The lowest BCUT2D eigenvalue weighted by Gasteiger charge is -2.27. The SMILES string of the molecule is COC(CNC(=O)C1CCCCC1N)OC. The van der Waals surface area contributed by atoms with Crippen LogP contribution in [0.2, 0.25) is 0 Å². The smallest absolute Gasteiger partial charge is 0.224 e. The molecule has 0 aromatic rings. The normalized spacial score (nSPS) is 25.8. The fourth-order valence-electron chi connectivity index (χ4n) is 2.06. The Hall–Kier alpha value is -0.650. The van der Waals surface area contributed by atoms with Gasteiger partial charge in [0.1, 0.15) is 0 Å². The minimum absolute atomic E-state index is 0.00251. The predicted octanol–water partition coefficient (Wildman–Crippen LogP) is 0.239. The lowest BCUT2D eigenvalue weighted by Crippen LogP contribution is -2.45. The number of rotatable bonds is 5. The molecular weight excluding hydrogens is 208 g/mol. The maximum Gasteiger partial charge on any atom is 0.224 e. The van der Waals surface area contributed by atoms with Gasteiger partial charge in [-0.05, 0) is 12.8 Å². The minimum Gasteiger partial charge on any atom is -0.354 e. The van der Waals surface area contributed by atoms with E-state index < -0.39 is 0 Å². The Morgan fingerprint density at radius 2 is 2.00 bits per heavy atom. The fourth-order valence-corrected chi connectivity index (χ4v) is 2.06. The summed E-state index contributed by atoms with van der Waals surface area (Å²) in [4.78, 5) is 11.8. The highest BCUT2D eigenvalue weighted by Gasteiger charge is 2.28. The highest BCUT2D eigenvalue weighted by molar-refractivity contribution is 5.79. The van der Waals surface area contributed by atoms with Crippen molar-refractivity contribution < 1.29 is 14.3 Å². The minimum atomic E-state index is -0.385. The third kappa shape index (κ3) is 3.73. The van der Waals surface area contributed by atoms with Crippen LogP contribution < -0.4 is 11.1 Å². The van der Waals surface area contributed by atoms with E-state index in [1.165, 1.54) is 0 Å². The van der Waals surface area contributed by atoms with Crippen molar-refractivity contribution in [3.63, 3.8) is 0 Å². The van der Waals surface area contributed by atoms with E-state index in [1.54, 1.807) is 14.2 Å². The van der Waals surface area contributed by atoms with Crippen LogP contribution in [0.25, 0.3) is 0 Å². The molecule has 0 bridgehead atoms. The molecule has 1 saturated carbocycles. The number of ether oxygens (including phenoxy) is 2. The lowest BCUT2D eigenvalue weighted by atomic mass is 9.84. The van der Waals surface area contributed by atoms with Gasteiger partial charge in [0.25, 0.3) is 0 Å². The van der Waals surface area contributed by atoms with Crippen molar-refractivity contribution in [3.8, 4) is 0 Å². The summed E-state index contributed by atoms with van der Waals surface area (Å²) in [5.41, 5.74) is 5.93. The quantitative estimate of drug-likeness (QED) is 0.663. The van der Waals surface area contributed by atoms with Crippen molar-refractivity contribution in [2.45, 2.75) is 38.0 Å². The first-order valence-corrected chi connectivity index (χ1v) is 5.78. The van der Waals surface area contributed by atoms with Crippen LogP contribution in [-0.4, -0.2) is 39.0 Å². The van der Waals surface area contributed by atoms with Crippen LogP contribution >= 0.6 is 0 Å². The van der Waals surface area contributed by atoms with Crippen LogP contribution in [0.1, 0.15) is 25.7 Å². The standard InChI is InChI=1S/C11H22N2O3/c1-15-10(16-2)7-13-11(14)8-5-3-4-6-9(8)12/h8-10H,3-7,12H2,1-2H3,(H,13,14). The highest BCUT2D eigenvalue weighted by Crippen LogP contribution is 2.22. The number of nitrogens with one attached hydrogen (secondary N) is 1. The third-order valence-corrected chi connectivity index (χ3v) is 3.12. The van der Waals surface area contributed by atoms with Gasteiger partial charge in [0.2, 0.25) is 5.91 Å². The van der Waals surface area contributed by atoms with Crippen molar-refractivity contribution in [1.29, 1.82) is 0 Å². The van der Waals surface area contributed by atoms with Crippen LogP contribution in [0.5, 0.6) is 0 Å². The Morgan fingerprint density at radius 3 is 2.56 bits per heavy atom. The van der Waals surface area contributed by atoms with E-state index in [9.17, 15) is 4.79 Å². The summed E-state index contributed by atoms with van der Waals surface area (Å²) in [6.45, 7) is 0.370. The van der Waals surface area contributed by atoms with Gasteiger partial charge in [-0.3, -0.25) is 4.79 Å². The average Bonchev–Trinajstić information content (AvgIpc) is 2.30. The van der Waals surface area contributed by atoms with Gasteiger partial charge >= 0.3 is 0 Å². The van der Waals surface area contributed by atoms with Crippen LogP contribution in [0, 0.1) is 5.92 Å². The second-order valence-corrected chi connectivity index (χ2v) is 4.20. The van der Waals surface area contributed by atoms with E-state index in [-0.39, 0.29) is 24.2 Å². The van der Waals surface area contributed by atoms with Gasteiger partial charge < -0.3 is 20.5 Å². The molecule has 2 atom stereocenters. The maximum absolute atomic E-state index is 11.8.